The van der Waals surface area contributed by atoms with Crippen LogP contribution in [-0.4, -0.2) is 44.1 Å². The molecule has 0 bridgehead atoms. The molecule has 0 saturated heterocycles. The van der Waals surface area contributed by atoms with Crippen LogP contribution in [0.1, 0.15) is 47.6 Å². The molecule has 6 nitrogen and oxygen atoms in total. The van der Waals surface area contributed by atoms with Gasteiger partial charge in [0, 0.05) is 41.3 Å². The van der Waals surface area contributed by atoms with Gasteiger partial charge in [0.25, 0.3) is 5.91 Å². The molecule has 0 radical (unpaired) electrons. The minimum atomic E-state index is -3.32. The van der Waals surface area contributed by atoms with Crippen molar-refractivity contribution in [3.8, 4) is 0 Å². The largest absolute Gasteiger partial charge is 0.351 e. The van der Waals surface area contributed by atoms with Gasteiger partial charge in [0.15, 0.2) is 0 Å². The highest BCUT2D eigenvalue weighted by Crippen LogP contribution is 2.35. The van der Waals surface area contributed by atoms with Crippen molar-refractivity contribution in [1.29, 1.82) is 0 Å². The number of thiophene rings is 1. The van der Waals surface area contributed by atoms with E-state index in [1.54, 1.807) is 42.5 Å². The molecule has 0 unspecified atom stereocenters. The van der Waals surface area contributed by atoms with Crippen molar-refractivity contribution in [2.45, 2.75) is 39.3 Å². The van der Waals surface area contributed by atoms with Gasteiger partial charge < -0.3 is 5.32 Å². The predicted octanol–water partition coefficient (Wildman–Crippen LogP) is 3.25. The molecule has 0 aliphatic carbocycles. The second-order valence-corrected chi connectivity index (χ2v) is 10.1. The first-order valence-corrected chi connectivity index (χ1v) is 12.0. The first-order valence-electron chi connectivity index (χ1n) is 9.51. The Morgan fingerprint density at radius 3 is 2.61 bits per heavy atom. The van der Waals surface area contributed by atoms with Crippen LogP contribution in [0, 0.1) is 0 Å². The second kappa shape index (κ2) is 8.63. The number of fused-ring (bicyclic) bond motifs is 1. The number of nitrogens with one attached hydrogen (secondary N) is 2. The molecule has 2 atom stereocenters. The topological polar surface area (TPSA) is 78.5 Å². The summed E-state index contributed by atoms with van der Waals surface area (Å²) in [5, 5.41) is 5.12. The van der Waals surface area contributed by atoms with Crippen LogP contribution < -0.4 is 10.0 Å². The van der Waals surface area contributed by atoms with E-state index >= 15 is 0 Å². The van der Waals surface area contributed by atoms with Gasteiger partial charge in [-0.15, -0.1) is 11.3 Å². The summed E-state index contributed by atoms with van der Waals surface area (Å²) in [6, 6.07) is 9.50. The molecule has 1 aromatic carbocycles. The van der Waals surface area contributed by atoms with E-state index in [1.165, 1.54) is 10.4 Å². The molecule has 2 aromatic rings. The fraction of sp³-hybridized carbons (Fsp3) is 0.450. The minimum absolute atomic E-state index is 0.00947. The highest BCUT2D eigenvalue weighted by atomic mass is 32.2. The zero-order valence-corrected chi connectivity index (χ0v) is 18.1. The quantitative estimate of drug-likeness (QED) is 0.719. The van der Waals surface area contributed by atoms with E-state index in [4.69, 9.17) is 0 Å². The maximum absolute atomic E-state index is 12.4. The molecular formula is C20H27N3O3S2. The van der Waals surface area contributed by atoms with Gasteiger partial charge in [-0.05, 0) is 68.5 Å². The number of carbonyl (C=O) groups is 1. The third kappa shape index (κ3) is 4.74. The molecule has 8 heteroatoms. The summed E-state index contributed by atoms with van der Waals surface area (Å²) in [7, 11) is -3.32. The van der Waals surface area contributed by atoms with Gasteiger partial charge in [-0.1, -0.05) is 0 Å². The lowest BCUT2D eigenvalue weighted by atomic mass is 9.97. The SMILES string of the molecule is CCS(=O)(=O)Nc1ccc(C(=O)NCCN2[C@H](C)Cc3ccsc3[C@@H]2C)cc1. The number of hydrogen-bond acceptors (Lipinski definition) is 5. The Labute approximate surface area is 171 Å². The Balaban J connectivity index is 1.53. The summed E-state index contributed by atoms with van der Waals surface area (Å²) in [6.45, 7) is 7.39. The van der Waals surface area contributed by atoms with E-state index in [0.29, 0.717) is 29.9 Å². The van der Waals surface area contributed by atoms with Crippen LogP contribution in [0.15, 0.2) is 35.7 Å². The van der Waals surface area contributed by atoms with Gasteiger partial charge in [-0.2, -0.15) is 0 Å². The molecule has 3 rings (SSSR count). The number of nitrogens with zero attached hydrogens (tertiary/aromatic N) is 1. The maximum Gasteiger partial charge on any atom is 0.251 e. The van der Waals surface area contributed by atoms with Gasteiger partial charge in [0.2, 0.25) is 10.0 Å². The van der Waals surface area contributed by atoms with Crippen LogP contribution in [0.2, 0.25) is 0 Å². The Morgan fingerprint density at radius 2 is 1.93 bits per heavy atom. The summed E-state index contributed by atoms with van der Waals surface area (Å²) < 4.78 is 25.7. The molecule has 1 aliphatic heterocycles. The number of amides is 1. The van der Waals surface area contributed by atoms with Crippen molar-refractivity contribution >= 4 is 33.0 Å². The van der Waals surface area contributed by atoms with Gasteiger partial charge in [0.1, 0.15) is 0 Å². The third-order valence-electron chi connectivity index (χ3n) is 5.20. The first kappa shape index (κ1) is 20.8. The van der Waals surface area contributed by atoms with Crippen LogP contribution in [0.5, 0.6) is 0 Å². The number of carbonyl (C=O) groups excluding carboxylic acids is 1. The first-order chi connectivity index (χ1) is 13.3. The summed E-state index contributed by atoms with van der Waals surface area (Å²) in [4.78, 5) is 16.3. The monoisotopic (exact) mass is 421 g/mol. The molecule has 1 amide bonds. The van der Waals surface area contributed by atoms with Crippen molar-refractivity contribution in [1.82, 2.24) is 10.2 Å². The molecule has 152 valence electrons. The molecule has 0 spiro atoms. The number of benzene rings is 1. The fourth-order valence-electron chi connectivity index (χ4n) is 3.61. The normalized spacial score (nSPS) is 19.8. The molecule has 0 fully saturated rings. The number of anilines is 1. The summed E-state index contributed by atoms with van der Waals surface area (Å²) >= 11 is 1.80. The zero-order chi connectivity index (χ0) is 20.3. The molecule has 28 heavy (non-hydrogen) atoms. The number of sulfonamides is 1. The third-order valence-corrected chi connectivity index (χ3v) is 7.63. The summed E-state index contributed by atoms with van der Waals surface area (Å²) in [6.07, 6.45) is 1.05. The van der Waals surface area contributed by atoms with Gasteiger partial charge in [0.05, 0.1) is 5.75 Å². The van der Waals surface area contributed by atoms with E-state index in [1.807, 2.05) is 0 Å². The maximum atomic E-state index is 12.4. The highest BCUT2D eigenvalue weighted by molar-refractivity contribution is 7.92. The van der Waals surface area contributed by atoms with Crippen LogP contribution >= 0.6 is 11.3 Å². The van der Waals surface area contributed by atoms with Crippen molar-refractivity contribution in [2.75, 3.05) is 23.6 Å². The minimum Gasteiger partial charge on any atom is -0.351 e. The van der Waals surface area contributed by atoms with E-state index in [2.05, 4.69) is 40.2 Å². The van der Waals surface area contributed by atoms with E-state index < -0.39 is 10.0 Å². The van der Waals surface area contributed by atoms with Gasteiger partial charge in [-0.25, -0.2) is 8.42 Å². The standard InChI is InChI=1S/C20H27N3O3S2/c1-4-28(25,26)22-18-7-5-16(6-8-18)20(24)21-10-11-23-14(2)13-17-9-12-27-19(17)15(23)3/h5-9,12,14-15,22H,4,10-11,13H2,1-3H3,(H,21,24)/t14-,15+/m1/s1. The lowest BCUT2D eigenvalue weighted by Gasteiger charge is -2.38. The Bertz CT molecular complexity index is 922. The molecule has 2 heterocycles. The molecule has 0 saturated carbocycles. The smallest absolute Gasteiger partial charge is 0.251 e. The molecule has 1 aromatic heterocycles. The molecule has 1 aliphatic rings. The zero-order valence-electron chi connectivity index (χ0n) is 16.4. The summed E-state index contributed by atoms with van der Waals surface area (Å²) in [5.41, 5.74) is 2.42. The summed E-state index contributed by atoms with van der Waals surface area (Å²) in [5.74, 6) is -0.144. The molecular weight excluding hydrogens is 394 g/mol. The van der Waals surface area contributed by atoms with Crippen LogP contribution in [0.4, 0.5) is 5.69 Å². The highest BCUT2D eigenvalue weighted by Gasteiger charge is 2.29. The predicted molar refractivity (Wildman–Crippen MR) is 114 cm³/mol. The van der Waals surface area contributed by atoms with Crippen LogP contribution in [-0.2, 0) is 16.4 Å². The Hall–Kier alpha value is -1.90. The van der Waals surface area contributed by atoms with Crippen LogP contribution in [0.3, 0.4) is 0 Å². The van der Waals surface area contributed by atoms with Crippen LogP contribution in [0.25, 0.3) is 0 Å². The lowest BCUT2D eigenvalue weighted by Crippen LogP contribution is -2.44. The second-order valence-electron chi connectivity index (χ2n) is 7.12. The average Bonchev–Trinajstić information content (AvgIpc) is 3.13. The lowest BCUT2D eigenvalue weighted by molar-refractivity contribution is 0.0930. The van der Waals surface area contributed by atoms with E-state index in [9.17, 15) is 13.2 Å². The Kier molecular flexibility index (Phi) is 6.42. The van der Waals surface area contributed by atoms with Gasteiger partial charge >= 0.3 is 0 Å². The van der Waals surface area contributed by atoms with E-state index in [0.717, 1.165) is 13.0 Å². The number of rotatable bonds is 7. The van der Waals surface area contributed by atoms with Crippen molar-refractivity contribution in [2.24, 2.45) is 0 Å². The van der Waals surface area contributed by atoms with Crippen molar-refractivity contribution in [3.05, 3.63) is 51.7 Å². The average molecular weight is 422 g/mol. The molecule has 2 N–H and O–H groups in total. The van der Waals surface area contributed by atoms with Crippen molar-refractivity contribution < 1.29 is 13.2 Å². The fourth-order valence-corrected chi connectivity index (χ4v) is 5.26. The number of hydrogen-bond donors (Lipinski definition) is 2. The Morgan fingerprint density at radius 1 is 1.21 bits per heavy atom. The van der Waals surface area contributed by atoms with E-state index in [-0.39, 0.29) is 11.7 Å². The van der Waals surface area contributed by atoms with Crippen molar-refractivity contribution in [3.63, 3.8) is 0 Å². The van der Waals surface area contributed by atoms with Gasteiger partial charge in [-0.3, -0.25) is 14.4 Å².